The van der Waals surface area contributed by atoms with E-state index in [1.807, 2.05) is 6.92 Å². The van der Waals surface area contributed by atoms with Crippen LogP contribution in [-0.2, 0) is 0 Å². The van der Waals surface area contributed by atoms with Gasteiger partial charge in [-0.2, -0.15) is 0 Å². The molecule has 0 saturated heterocycles. The maximum atomic E-state index is 13.4. The maximum absolute atomic E-state index is 13.4. The van der Waals surface area contributed by atoms with Gasteiger partial charge < -0.3 is 26.7 Å². The number of hydrogen-bond donors (Lipinski definition) is 5. The summed E-state index contributed by atoms with van der Waals surface area (Å²) in [6, 6.07) is 12.6. The zero-order valence-corrected chi connectivity index (χ0v) is 20.7. The Morgan fingerprint density at radius 3 is 2.42 bits per heavy atom. The average Bonchev–Trinajstić information content (AvgIpc) is 3.75. The van der Waals surface area contributed by atoms with E-state index in [2.05, 4.69) is 27.4 Å². The van der Waals surface area contributed by atoms with Gasteiger partial charge >= 0.3 is 5.97 Å². The molecule has 194 valence electrons. The number of carboxylic acid groups (broad SMARTS) is 1. The van der Waals surface area contributed by atoms with E-state index >= 15 is 0 Å². The van der Waals surface area contributed by atoms with Crippen LogP contribution in [0.5, 0.6) is 0 Å². The van der Waals surface area contributed by atoms with Gasteiger partial charge in [0.2, 0.25) is 0 Å². The van der Waals surface area contributed by atoms with Gasteiger partial charge in [0, 0.05) is 28.9 Å². The molecule has 6 N–H and O–H groups in total. The normalized spacial score (nSPS) is 13.0. The first-order chi connectivity index (χ1) is 18.2. The van der Waals surface area contributed by atoms with E-state index < -0.39 is 17.8 Å². The maximum Gasteiger partial charge on any atom is 0.355 e. The van der Waals surface area contributed by atoms with Crippen LogP contribution in [-0.4, -0.2) is 45.5 Å². The molecule has 1 aliphatic rings. The van der Waals surface area contributed by atoms with Crippen molar-refractivity contribution in [1.29, 1.82) is 0 Å². The first-order valence-corrected chi connectivity index (χ1v) is 11.9. The molecule has 0 spiro atoms. The molecule has 1 saturated carbocycles. The molecular weight excluding hydrogens is 486 g/mol. The minimum absolute atomic E-state index is 0.0111. The predicted molar refractivity (Wildman–Crippen MR) is 143 cm³/mol. The highest BCUT2D eigenvalue weighted by molar-refractivity contribution is 6.11. The van der Waals surface area contributed by atoms with Gasteiger partial charge in [0.05, 0.1) is 0 Å². The highest BCUT2D eigenvalue weighted by atomic mass is 16.4. The SMILES string of the molecule is C=Cc1cc(C(=O)Nc2ccc(/C(N)=N\O)cc2)c(-c2ccc(C(=O)NCC3CC3)nc2C(=O)O)cc1C. The standard InChI is InChI=1S/C28H27N5O5/c1-3-17-13-22(26(34)31-19-8-6-18(7-9-19)25(29)33-38)21(12-15(17)2)20-10-11-23(32-24(20)28(36)37)27(35)30-14-16-4-5-16/h3,6-13,16,38H,1,4-5,14H2,2H3,(H2,29,33)(H,30,35)(H,31,34)(H,36,37). The Morgan fingerprint density at radius 2 is 1.82 bits per heavy atom. The van der Waals surface area contributed by atoms with Gasteiger partial charge in [-0.25, -0.2) is 9.78 Å². The third-order valence-electron chi connectivity index (χ3n) is 6.29. The Hall–Kier alpha value is -4.99. The largest absolute Gasteiger partial charge is 0.476 e. The number of anilines is 1. The summed E-state index contributed by atoms with van der Waals surface area (Å²) in [4.78, 5) is 42.3. The van der Waals surface area contributed by atoms with Crippen LogP contribution in [0.25, 0.3) is 17.2 Å². The number of carboxylic acids is 1. The highest BCUT2D eigenvalue weighted by Gasteiger charge is 2.25. The van der Waals surface area contributed by atoms with Crippen LogP contribution in [0.15, 0.2) is 60.3 Å². The Morgan fingerprint density at radius 1 is 1.11 bits per heavy atom. The number of oxime groups is 1. The molecule has 10 nitrogen and oxygen atoms in total. The number of nitrogens with zero attached hydrogens (tertiary/aromatic N) is 2. The molecule has 10 heteroatoms. The van der Waals surface area contributed by atoms with Gasteiger partial charge in [0.25, 0.3) is 11.8 Å². The molecule has 0 bridgehead atoms. The highest BCUT2D eigenvalue weighted by Crippen LogP contribution is 2.31. The topological polar surface area (TPSA) is 167 Å². The summed E-state index contributed by atoms with van der Waals surface area (Å²) >= 11 is 0. The molecule has 0 radical (unpaired) electrons. The quantitative estimate of drug-likeness (QED) is 0.125. The third kappa shape index (κ3) is 5.70. The first kappa shape index (κ1) is 26.1. The Balaban J connectivity index is 1.72. The monoisotopic (exact) mass is 513 g/mol. The van der Waals surface area contributed by atoms with E-state index in [0.29, 0.717) is 34.8 Å². The number of aromatic carboxylic acids is 1. The van der Waals surface area contributed by atoms with Crippen LogP contribution in [0.1, 0.15) is 60.9 Å². The van der Waals surface area contributed by atoms with Crippen molar-refractivity contribution >= 4 is 35.4 Å². The number of hydrogen-bond acceptors (Lipinski definition) is 6. The molecule has 0 atom stereocenters. The summed E-state index contributed by atoms with van der Waals surface area (Å²) < 4.78 is 0. The number of amidine groups is 1. The lowest BCUT2D eigenvalue weighted by Gasteiger charge is -2.16. The van der Waals surface area contributed by atoms with Crippen LogP contribution in [0.4, 0.5) is 5.69 Å². The molecule has 4 rings (SSSR count). The van der Waals surface area contributed by atoms with Crippen LogP contribution in [0, 0.1) is 12.8 Å². The summed E-state index contributed by atoms with van der Waals surface area (Å²) in [5.74, 6) is -1.88. The van der Waals surface area contributed by atoms with Crippen molar-refractivity contribution < 1.29 is 24.7 Å². The number of nitrogens with two attached hydrogens (primary N) is 1. The zero-order chi connectivity index (χ0) is 27.4. The Kier molecular flexibility index (Phi) is 7.52. The summed E-state index contributed by atoms with van der Waals surface area (Å²) in [7, 11) is 0. The van der Waals surface area contributed by atoms with Crippen molar-refractivity contribution in [1.82, 2.24) is 10.3 Å². The van der Waals surface area contributed by atoms with Crippen molar-refractivity contribution in [3.63, 3.8) is 0 Å². The summed E-state index contributed by atoms with van der Waals surface area (Å²) in [6.45, 7) is 6.14. The van der Waals surface area contributed by atoms with Crippen LogP contribution >= 0.6 is 0 Å². The van der Waals surface area contributed by atoms with Crippen molar-refractivity contribution in [2.75, 3.05) is 11.9 Å². The van der Waals surface area contributed by atoms with Crippen LogP contribution in [0.2, 0.25) is 0 Å². The molecule has 0 aliphatic heterocycles. The van der Waals surface area contributed by atoms with Gasteiger partial charge in [0.1, 0.15) is 5.69 Å². The summed E-state index contributed by atoms with van der Waals surface area (Å²) in [6.07, 6.45) is 3.73. The van der Waals surface area contributed by atoms with Gasteiger partial charge in [-0.15, -0.1) is 0 Å². The fourth-order valence-corrected chi connectivity index (χ4v) is 3.95. The molecule has 2 aromatic carbocycles. The van der Waals surface area contributed by atoms with Crippen LogP contribution in [0.3, 0.4) is 0 Å². The van der Waals surface area contributed by atoms with Crippen LogP contribution < -0.4 is 16.4 Å². The van der Waals surface area contributed by atoms with Crippen molar-refractivity contribution in [2.45, 2.75) is 19.8 Å². The second-order valence-electron chi connectivity index (χ2n) is 9.03. The number of aryl methyl sites for hydroxylation is 1. The molecule has 1 heterocycles. The average molecular weight is 514 g/mol. The third-order valence-corrected chi connectivity index (χ3v) is 6.29. The minimum Gasteiger partial charge on any atom is -0.476 e. The number of carbonyl (C=O) groups is 3. The molecule has 1 aromatic heterocycles. The minimum atomic E-state index is -1.33. The van der Waals surface area contributed by atoms with Gasteiger partial charge in [0.15, 0.2) is 11.5 Å². The Bertz CT molecular complexity index is 1460. The molecule has 1 fully saturated rings. The fraction of sp³-hybridized carbons (Fsp3) is 0.179. The smallest absolute Gasteiger partial charge is 0.355 e. The molecule has 0 unspecified atom stereocenters. The van der Waals surface area contributed by atoms with E-state index in [1.165, 1.54) is 12.1 Å². The summed E-state index contributed by atoms with van der Waals surface area (Å²) in [5, 5.41) is 27.3. The first-order valence-electron chi connectivity index (χ1n) is 11.9. The lowest BCUT2D eigenvalue weighted by atomic mass is 9.92. The second kappa shape index (κ2) is 11.0. The molecule has 2 amide bonds. The molecular formula is C28H27N5O5. The van der Waals surface area contributed by atoms with Crippen molar-refractivity contribution in [3.8, 4) is 11.1 Å². The number of nitrogens with one attached hydrogen (secondary N) is 2. The molecule has 1 aliphatic carbocycles. The fourth-order valence-electron chi connectivity index (χ4n) is 3.95. The van der Waals surface area contributed by atoms with E-state index in [4.69, 9.17) is 10.9 Å². The second-order valence-corrected chi connectivity index (χ2v) is 9.03. The Labute approximate surface area is 218 Å². The number of benzene rings is 2. The number of aromatic nitrogens is 1. The zero-order valence-electron chi connectivity index (χ0n) is 20.7. The predicted octanol–water partition coefficient (Wildman–Crippen LogP) is 3.88. The van der Waals surface area contributed by atoms with Gasteiger partial charge in [-0.1, -0.05) is 17.8 Å². The number of pyridine rings is 1. The van der Waals surface area contributed by atoms with E-state index in [0.717, 1.165) is 18.4 Å². The van der Waals surface area contributed by atoms with E-state index in [1.54, 1.807) is 42.5 Å². The van der Waals surface area contributed by atoms with Crippen molar-refractivity contribution in [3.05, 3.63) is 88.8 Å². The lowest BCUT2D eigenvalue weighted by Crippen LogP contribution is -2.27. The van der Waals surface area contributed by atoms with Crippen molar-refractivity contribution in [2.24, 2.45) is 16.8 Å². The van der Waals surface area contributed by atoms with E-state index in [9.17, 15) is 19.5 Å². The molecule has 38 heavy (non-hydrogen) atoms. The van der Waals surface area contributed by atoms with Gasteiger partial charge in [-0.3, -0.25) is 9.59 Å². The van der Waals surface area contributed by atoms with Gasteiger partial charge in [-0.05, 0) is 90.9 Å². The van der Waals surface area contributed by atoms with E-state index in [-0.39, 0.29) is 28.4 Å². The lowest BCUT2D eigenvalue weighted by molar-refractivity contribution is 0.0691. The number of rotatable bonds is 9. The summed E-state index contributed by atoms with van der Waals surface area (Å²) in [5.41, 5.74) is 8.35. The molecule has 3 aromatic rings. The number of carbonyl (C=O) groups excluding carboxylic acids is 2. The number of amides is 2.